The summed E-state index contributed by atoms with van der Waals surface area (Å²) in [5.74, 6) is -0.150. The number of carbonyl (C=O) groups excluding carboxylic acids is 1. The third-order valence-electron chi connectivity index (χ3n) is 4.91. The highest BCUT2D eigenvalue weighted by molar-refractivity contribution is 7.92. The van der Waals surface area contributed by atoms with Crippen molar-refractivity contribution in [1.29, 1.82) is 0 Å². The molecule has 6 heteroatoms. The second-order valence-corrected chi connectivity index (χ2v) is 9.06. The Bertz CT molecular complexity index is 1180. The molecule has 0 aromatic heterocycles. The van der Waals surface area contributed by atoms with Gasteiger partial charge < -0.3 is 4.74 Å². The van der Waals surface area contributed by atoms with Crippen LogP contribution >= 0.6 is 0 Å². The Labute approximate surface area is 170 Å². The van der Waals surface area contributed by atoms with Crippen molar-refractivity contribution in [2.45, 2.75) is 25.2 Å². The van der Waals surface area contributed by atoms with E-state index in [2.05, 4.69) is 0 Å². The van der Waals surface area contributed by atoms with Crippen LogP contribution in [0, 0.1) is 13.8 Å². The molecule has 0 unspecified atom stereocenters. The maximum absolute atomic E-state index is 13.2. The van der Waals surface area contributed by atoms with Crippen LogP contribution in [0.1, 0.15) is 27.0 Å². The quantitative estimate of drug-likeness (QED) is 0.478. The minimum absolute atomic E-state index is 0.0732. The highest BCUT2D eigenvalue weighted by Gasteiger charge is 2.31. The highest BCUT2D eigenvalue weighted by Crippen LogP contribution is 2.32. The maximum Gasteiger partial charge on any atom is 0.343 e. The lowest BCUT2D eigenvalue weighted by atomic mass is 10.1. The van der Waals surface area contributed by atoms with E-state index in [0.717, 1.165) is 16.7 Å². The number of rotatable bonds is 4. The van der Waals surface area contributed by atoms with Gasteiger partial charge in [-0.05, 0) is 73.4 Å². The van der Waals surface area contributed by atoms with Crippen molar-refractivity contribution in [3.8, 4) is 5.75 Å². The number of carbonyl (C=O) groups is 1. The van der Waals surface area contributed by atoms with Crippen LogP contribution in [0.25, 0.3) is 0 Å². The standard InChI is InChI=1S/C23H21NO4S/c1-16-12-17(2)14-20(13-16)28-23(25)19-7-5-8-21(15-19)29(26,27)24-11-10-18-6-3-4-9-22(18)24/h3-9,12-15H,10-11H2,1-2H3. The summed E-state index contributed by atoms with van der Waals surface area (Å²) in [6, 6.07) is 19.0. The molecule has 0 radical (unpaired) electrons. The smallest absolute Gasteiger partial charge is 0.343 e. The Morgan fingerprint density at radius 3 is 2.41 bits per heavy atom. The van der Waals surface area contributed by atoms with Gasteiger partial charge in [0.15, 0.2) is 0 Å². The van der Waals surface area contributed by atoms with Crippen molar-refractivity contribution in [1.82, 2.24) is 0 Å². The van der Waals surface area contributed by atoms with Crippen molar-refractivity contribution in [3.05, 3.63) is 89.0 Å². The molecule has 3 aromatic carbocycles. The van der Waals surface area contributed by atoms with Gasteiger partial charge in [-0.15, -0.1) is 0 Å². The van der Waals surface area contributed by atoms with Crippen LogP contribution in [0.15, 0.2) is 71.6 Å². The molecule has 29 heavy (non-hydrogen) atoms. The number of hydrogen-bond donors (Lipinski definition) is 0. The summed E-state index contributed by atoms with van der Waals surface area (Å²) in [5, 5.41) is 0. The zero-order chi connectivity index (χ0) is 20.6. The number of hydrogen-bond acceptors (Lipinski definition) is 4. The lowest BCUT2D eigenvalue weighted by Crippen LogP contribution is -2.29. The third-order valence-corrected chi connectivity index (χ3v) is 6.72. The molecular formula is C23H21NO4S. The van der Waals surface area contributed by atoms with Gasteiger partial charge in [-0.1, -0.05) is 30.3 Å². The number of nitrogens with zero attached hydrogens (tertiary/aromatic N) is 1. The number of anilines is 1. The van der Waals surface area contributed by atoms with E-state index in [-0.39, 0.29) is 10.5 Å². The number of ether oxygens (including phenoxy) is 1. The molecule has 5 nitrogen and oxygen atoms in total. The molecule has 0 amide bonds. The summed E-state index contributed by atoms with van der Waals surface area (Å²) in [6.07, 6.45) is 0.670. The van der Waals surface area contributed by atoms with Crippen LogP contribution < -0.4 is 9.04 Å². The number of fused-ring (bicyclic) bond motifs is 1. The van der Waals surface area contributed by atoms with Crippen molar-refractivity contribution in [2.24, 2.45) is 0 Å². The van der Waals surface area contributed by atoms with Crippen LogP contribution in [-0.4, -0.2) is 20.9 Å². The average molecular weight is 407 g/mol. The molecule has 148 valence electrons. The first-order valence-electron chi connectivity index (χ1n) is 9.36. The molecule has 3 aromatic rings. The van der Waals surface area contributed by atoms with Crippen molar-refractivity contribution >= 4 is 21.7 Å². The van der Waals surface area contributed by atoms with Gasteiger partial charge in [0, 0.05) is 6.54 Å². The van der Waals surface area contributed by atoms with E-state index < -0.39 is 16.0 Å². The van der Waals surface area contributed by atoms with Gasteiger partial charge in [0.05, 0.1) is 16.1 Å². The van der Waals surface area contributed by atoms with Crippen molar-refractivity contribution in [2.75, 3.05) is 10.8 Å². The van der Waals surface area contributed by atoms with Gasteiger partial charge in [-0.2, -0.15) is 0 Å². The molecule has 4 rings (SSSR count). The summed E-state index contributed by atoms with van der Waals surface area (Å²) >= 11 is 0. The van der Waals surface area contributed by atoms with E-state index in [0.29, 0.717) is 24.4 Å². The Morgan fingerprint density at radius 2 is 1.66 bits per heavy atom. The molecular weight excluding hydrogens is 386 g/mol. The van der Waals surface area contributed by atoms with Gasteiger partial charge >= 0.3 is 5.97 Å². The lowest BCUT2D eigenvalue weighted by Gasteiger charge is -2.19. The molecule has 0 bridgehead atoms. The minimum Gasteiger partial charge on any atom is -0.423 e. The molecule has 0 fully saturated rings. The molecule has 0 spiro atoms. The molecule has 0 saturated heterocycles. The zero-order valence-corrected chi connectivity index (χ0v) is 17.1. The van der Waals surface area contributed by atoms with E-state index in [1.165, 1.54) is 16.4 Å². The fraction of sp³-hybridized carbons (Fsp3) is 0.174. The van der Waals surface area contributed by atoms with Crippen LogP contribution in [0.2, 0.25) is 0 Å². The molecule has 0 aliphatic carbocycles. The number of aryl methyl sites for hydroxylation is 2. The maximum atomic E-state index is 13.2. The molecule has 0 saturated carbocycles. The second-order valence-electron chi connectivity index (χ2n) is 7.20. The number of sulfonamides is 1. The fourth-order valence-corrected chi connectivity index (χ4v) is 5.18. The second kappa shape index (κ2) is 7.37. The topological polar surface area (TPSA) is 63.7 Å². The summed E-state index contributed by atoms with van der Waals surface area (Å²) in [7, 11) is -3.77. The minimum atomic E-state index is -3.77. The fourth-order valence-electron chi connectivity index (χ4n) is 3.63. The Hall–Kier alpha value is -3.12. The first kappa shape index (κ1) is 19.2. The largest absolute Gasteiger partial charge is 0.423 e. The van der Waals surface area contributed by atoms with Gasteiger partial charge in [-0.3, -0.25) is 4.31 Å². The summed E-state index contributed by atoms with van der Waals surface area (Å²) in [5.41, 5.74) is 3.85. The van der Waals surface area contributed by atoms with Crippen LogP contribution in [0.3, 0.4) is 0 Å². The van der Waals surface area contributed by atoms with Gasteiger partial charge in [0.2, 0.25) is 0 Å². The summed E-state index contributed by atoms with van der Waals surface area (Å²) in [4.78, 5) is 12.7. The van der Waals surface area contributed by atoms with Gasteiger partial charge in [0.1, 0.15) is 5.75 Å². The van der Waals surface area contributed by atoms with E-state index >= 15 is 0 Å². The van der Waals surface area contributed by atoms with Crippen molar-refractivity contribution in [3.63, 3.8) is 0 Å². The molecule has 1 heterocycles. The number of esters is 1. The zero-order valence-electron chi connectivity index (χ0n) is 16.3. The van der Waals surface area contributed by atoms with Gasteiger partial charge in [0.25, 0.3) is 10.0 Å². The highest BCUT2D eigenvalue weighted by atomic mass is 32.2. The molecule has 1 aliphatic heterocycles. The van der Waals surface area contributed by atoms with Crippen molar-refractivity contribution < 1.29 is 17.9 Å². The van der Waals surface area contributed by atoms with Gasteiger partial charge in [-0.25, -0.2) is 13.2 Å². The van der Waals surface area contributed by atoms with E-state index in [9.17, 15) is 13.2 Å². The molecule has 1 aliphatic rings. The number of para-hydroxylation sites is 1. The van der Waals surface area contributed by atoms with E-state index in [1.807, 2.05) is 38.1 Å². The monoisotopic (exact) mass is 407 g/mol. The Kier molecular flexibility index (Phi) is 4.88. The first-order valence-corrected chi connectivity index (χ1v) is 10.8. The average Bonchev–Trinajstić information content (AvgIpc) is 3.12. The first-order chi connectivity index (χ1) is 13.8. The van der Waals surface area contributed by atoms with E-state index in [1.54, 1.807) is 30.3 Å². The van der Waals surface area contributed by atoms with E-state index in [4.69, 9.17) is 4.74 Å². The third kappa shape index (κ3) is 3.76. The normalized spacial score (nSPS) is 13.2. The molecule has 0 N–H and O–H groups in total. The van der Waals surface area contributed by atoms with Crippen LogP contribution in [0.4, 0.5) is 5.69 Å². The predicted molar refractivity (Wildman–Crippen MR) is 112 cm³/mol. The Balaban J connectivity index is 1.62. The number of benzene rings is 3. The summed E-state index contributed by atoms with van der Waals surface area (Å²) < 4.78 is 33.3. The Morgan fingerprint density at radius 1 is 0.931 bits per heavy atom. The lowest BCUT2D eigenvalue weighted by molar-refractivity contribution is 0.0734. The SMILES string of the molecule is Cc1cc(C)cc(OC(=O)c2cccc(S(=O)(=O)N3CCc4ccccc43)c2)c1. The predicted octanol–water partition coefficient (Wildman–Crippen LogP) is 4.27. The molecule has 0 atom stereocenters. The van der Waals surface area contributed by atoms with Crippen LogP contribution in [0.5, 0.6) is 5.75 Å². The van der Waals surface area contributed by atoms with Crippen LogP contribution in [-0.2, 0) is 16.4 Å². The summed E-state index contributed by atoms with van der Waals surface area (Å²) in [6.45, 7) is 4.23.